The van der Waals surface area contributed by atoms with E-state index in [0.717, 1.165) is 29.0 Å². The molecule has 5 heteroatoms. The van der Waals surface area contributed by atoms with Crippen LogP contribution >= 0.6 is 11.3 Å². The highest BCUT2D eigenvalue weighted by Gasteiger charge is 2.17. The molecule has 1 aromatic heterocycles. The summed E-state index contributed by atoms with van der Waals surface area (Å²) in [7, 11) is 0. The lowest BCUT2D eigenvalue weighted by Gasteiger charge is -2.02. The van der Waals surface area contributed by atoms with Gasteiger partial charge in [0.25, 0.3) is 5.91 Å². The molecule has 0 saturated heterocycles. The summed E-state index contributed by atoms with van der Waals surface area (Å²) in [4.78, 5) is 14.1. The molecule has 0 aliphatic heterocycles. The summed E-state index contributed by atoms with van der Waals surface area (Å²) in [5, 5.41) is 4.02. The van der Waals surface area contributed by atoms with Crippen molar-refractivity contribution in [2.45, 2.75) is 26.2 Å². The molecule has 0 unspecified atom stereocenters. The molecule has 4 nitrogen and oxygen atoms in total. The van der Waals surface area contributed by atoms with Crippen molar-refractivity contribution >= 4 is 23.5 Å². The molecule has 1 amide bonds. The normalized spacial score (nSPS) is 13.3. The Kier molecular flexibility index (Phi) is 4.53. The van der Waals surface area contributed by atoms with Gasteiger partial charge in [-0.05, 0) is 67.6 Å². The molecule has 22 heavy (non-hydrogen) atoms. The minimum atomic E-state index is -0.137. The molecule has 0 radical (unpaired) electrons. The van der Waals surface area contributed by atoms with E-state index >= 15 is 0 Å². The van der Waals surface area contributed by atoms with Crippen LogP contribution < -0.4 is 10.2 Å². The number of aryl methyl sites for hydroxylation is 2. The topological polar surface area (TPSA) is 50.7 Å². The van der Waals surface area contributed by atoms with Crippen LogP contribution in [0.1, 0.15) is 39.0 Å². The summed E-state index contributed by atoms with van der Waals surface area (Å²) in [5.41, 5.74) is 4.82. The van der Waals surface area contributed by atoms with E-state index < -0.39 is 0 Å². The first-order valence-corrected chi connectivity index (χ1v) is 8.26. The molecule has 2 aromatic rings. The maximum atomic E-state index is 12.0. The highest BCUT2D eigenvalue weighted by Crippen LogP contribution is 2.30. The fraction of sp³-hybridized carbons (Fsp3) is 0.294. The molecule has 0 bridgehead atoms. The van der Waals surface area contributed by atoms with Gasteiger partial charge < -0.3 is 4.74 Å². The van der Waals surface area contributed by atoms with E-state index in [4.69, 9.17) is 4.74 Å². The molecule has 1 N–H and O–H groups in total. The number of benzene rings is 1. The molecule has 1 aromatic carbocycles. The molecular formula is C17H18N2O2S. The second-order valence-electron chi connectivity index (χ2n) is 5.11. The molecule has 114 valence electrons. The number of nitrogens with one attached hydrogen (secondary N) is 1. The quantitative estimate of drug-likeness (QED) is 0.679. The van der Waals surface area contributed by atoms with Crippen LogP contribution in [0, 0.1) is 0 Å². The van der Waals surface area contributed by atoms with Gasteiger partial charge in [-0.15, -0.1) is 11.3 Å². The minimum absolute atomic E-state index is 0.137. The molecule has 3 rings (SSSR count). The van der Waals surface area contributed by atoms with Gasteiger partial charge in [0, 0.05) is 4.88 Å². The summed E-state index contributed by atoms with van der Waals surface area (Å²) >= 11 is 1.58. The standard InChI is InChI=1S/C17H18N2O2S/c1-2-21-14-8-6-12(7-9-14)11-18-19-17(20)16-10-13-4-3-5-15(13)22-16/h6-11H,2-5H2,1H3,(H,19,20)/b18-11-. The predicted molar refractivity (Wildman–Crippen MR) is 89.0 cm³/mol. The summed E-state index contributed by atoms with van der Waals surface area (Å²) in [6.45, 7) is 2.60. The molecule has 0 saturated carbocycles. The van der Waals surface area contributed by atoms with Crippen LogP contribution in [0.25, 0.3) is 0 Å². The molecule has 1 aliphatic carbocycles. The van der Waals surface area contributed by atoms with Crippen molar-refractivity contribution in [2.24, 2.45) is 5.10 Å². The van der Waals surface area contributed by atoms with Gasteiger partial charge in [-0.3, -0.25) is 4.79 Å². The Morgan fingerprint density at radius 3 is 2.91 bits per heavy atom. The van der Waals surface area contributed by atoms with Gasteiger partial charge >= 0.3 is 0 Å². The van der Waals surface area contributed by atoms with Gasteiger partial charge in [-0.2, -0.15) is 5.10 Å². The SMILES string of the molecule is CCOc1ccc(/C=N\NC(=O)c2cc3c(s2)CCC3)cc1. The van der Waals surface area contributed by atoms with Gasteiger partial charge in [-0.1, -0.05) is 0 Å². The number of amides is 1. The number of thiophene rings is 1. The van der Waals surface area contributed by atoms with Crippen molar-refractivity contribution in [2.75, 3.05) is 6.61 Å². The smallest absolute Gasteiger partial charge is 0.281 e. The molecule has 0 atom stereocenters. The molecule has 1 aliphatic rings. The Bertz CT molecular complexity index is 668. The minimum Gasteiger partial charge on any atom is -0.494 e. The lowest BCUT2D eigenvalue weighted by Crippen LogP contribution is -2.16. The van der Waals surface area contributed by atoms with Gasteiger partial charge in [0.05, 0.1) is 17.7 Å². The molecule has 0 fully saturated rings. The number of hydrogen-bond acceptors (Lipinski definition) is 4. The average Bonchev–Trinajstić information content (AvgIpc) is 3.10. The lowest BCUT2D eigenvalue weighted by atomic mass is 10.2. The summed E-state index contributed by atoms with van der Waals surface area (Å²) in [6.07, 6.45) is 5.03. The Hall–Kier alpha value is -2.14. The number of ether oxygens (including phenoxy) is 1. The van der Waals surface area contributed by atoms with Crippen LogP contribution in [-0.2, 0) is 12.8 Å². The van der Waals surface area contributed by atoms with Crippen LogP contribution in [0.3, 0.4) is 0 Å². The number of hydrazone groups is 1. The van der Waals surface area contributed by atoms with Gasteiger partial charge in [0.2, 0.25) is 0 Å². The van der Waals surface area contributed by atoms with E-state index in [9.17, 15) is 4.79 Å². The van der Waals surface area contributed by atoms with Crippen LogP contribution in [0.15, 0.2) is 35.4 Å². The second kappa shape index (κ2) is 6.75. The second-order valence-corrected chi connectivity index (χ2v) is 6.25. The third-order valence-corrected chi connectivity index (χ3v) is 4.78. The van der Waals surface area contributed by atoms with Crippen molar-refractivity contribution in [1.29, 1.82) is 0 Å². The third kappa shape index (κ3) is 3.36. The van der Waals surface area contributed by atoms with Crippen LogP contribution in [-0.4, -0.2) is 18.7 Å². The van der Waals surface area contributed by atoms with Gasteiger partial charge in [0.15, 0.2) is 0 Å². The third-order valence-electron chi connectivity index (χ3n) is 3.54. The zero-order valence-corrected chi connectivity index (χ0v) is 13.3. The van der Waals surface area contributed by atoms with Crippen molar-refractivity contribution in [3.8, 4) is 5.75 Å². The van der Waals surface area contributed by atoms with Crippen LogP contribution in [0.2, 0.25) is 0 Å². The fourth-order valence-electron chi connectivity index (χ4n) is 2.48. The average molecular weight is 314 g/mol. The highest BCUT2D eigenvalue weighted by molar-refractivity contribution is 7.14. The Balaban J connectivity index is 1.57. The number of carbonyl (C=O) groups is 1. The monoisotopic (exact) mass is 314 g/mol. The van der Waals surface area contributed by atoms with Crippen LogP contribution in [0.5, 0.6) is 5.75 Å². The van der Waals surface area contributed by atoms with Gasteiger partial charge in [0.1, 0.15) is 5.75 Å². The van der Waals surface area contributed by atoms with Crippen LogP contribution in [0.4, 0.5) is 0 Å². The zero-order chi connectivity index (χ0) is 15.4. The van der Waals surface area contributed by atoms with E-state index in [1.807, 2.05) is 37.3 Å². The van der Waals surface area contributed by atoms with Crippen molar-refractivity contribution < 1.29 is 9.53 Å². The number of carbonyl (C=O) groups excluding carboxylic acids is 1. The lowest BCUT2D eigenvalue weighted by molar-refractivity contribution is 0.0959. The van der Waals surface area contributed by atoms with E-state index in [2.05, 4.69) is 10.5 Å². The number of nitrogens with zero attached hydrogens (tertiary/aromatic N) is 1. The van der Waals surface area contributed by atoms with Crippen molar-refractivity contribution in [3.63, 3.8) is 0 Å². The number of hydrogen-bond donors (Lipinski definition) is 1. The fourth-order valence-corrected chi connectivity index (χ4v) is 3.62. The first-order chi connectivity index (χ1) is 10.8. The maximum Gasteiger partial charge on any atom is 0.281 e. The number of fused-ring (bicyclic) bond motifs is 1. The summed E-state index contributed by atoms with van der Waals surface area (Å²) in [6, 6.07) is 9.57. The zero-order valence-electron chi connectivity index (χ0n) is 12.5. The maximum absolute atomic E-state index is 12.0. The molecule has 0 spiro atoms. The van der Waals surface area contributed by atoms with Crippen molar-refractivity contribution in [1.82, 2.24) is 5.43 Å². The highest BCUT2D eigenvalue weighted by atomic mass is 32.1. The number of rotatable bonds is 5. The molecular weight excluding hydrogens is 296 g/mol. The predicted octanol–water partition coefficient (Wildman–Crippen LogP) is 3.40. The Morgan fingerprint density at radius 2 is 2.18 bits per heavy atom. The van der Waals surface area contributed by atoms with Crippen molar-refractivity contribution in [3.05, 3.63) is 51.2 Å². The first kappa shape index (κ1) is 14.8. The van der Waals surface area contributed by atoms with E-state index in [1.54, 1.807) is 17.6 Å². The van der Waals surface area contributed by atoms with E-state index in [1.165, 1.54) is 16.9 Å². The van der Waals surface area contributed by atoms with E-state index in [0.29, 0.717) is 6.61 Å². The Morgan fingerprint density at radius 1 is 1.36 bits per heavy atom. The van der Waals surface area contributed by atoms with E-state index in [-0.39, 0.29) is 5.91 Å². The summed E-state index contributed by atoms with van der Waals surface area (Å²) in [5.74, 6) is 0.693. The Labute approximate surface area is 133 Å². The van der Waals surface area contributed by atoms with Gasteiger partial charge in [-0.25, -0.2) is 5.43 Å². The molecule has 1 heterocycles. The largest absolute Gasteiger partial charge is 0.494 e. The summed E-state index contributed by atoms with van der Waals surface area (Å²) < 4.78 is 5.38. The first-order valence-electron chi connectivity index (χ1n) is 7.44.